The number of rotatable bonds is 8. The van der Waals surface area contributed by atoms with E-state index in [1.165, 1.54) is 12.8 Å². The van der Waals surface area contributed by atoms with E-state index in [-0.39, 0.29) is 12.6 Å². The summed E-state index contributed by atoms with van der Waals surface area (Å²) in [7, 11) is 0. The zero-order chi connectivity index (χ0) is 18.1. The Morgan fingerprint density at radius 3 is 3.00 bits per heavy atom. The Morgan fingerprint density at radius 2 is 2.24 bits per heavy atom. The van der Waals surface area contributed by atoms with E-state index in [2.05, 4.69) is 29.4 Å². The van der Waals surface area contributed by atoms with Crippen LogP contribution in [0.25, 0.3) is 0 Å². The fourth-order valence-electron chi connectivity index (χ4n) is 3.21. The minimum Gasteiger partial charge on any atom is -0.491 e. The fraction of sp³-hybridized carbons (Fsp3) is 0.632. The van der Waals surface area contributed by atoms with Gasteiger partial charge in [0.1, 0.15) is 19.0 Å². The Labute approximate surface area is 149 Å². The number of carbonyl (C=O) groups is 1. The van der Waals surface area contributed by atoms with E-state index < -0.39 is 6.67 Å². The van der Waals surface area contributed by atoms with E-state index in [0.29, 0.717) is 29.9 Å². The summed E-state index contributed by atoms with van der Waals surface area (Å²) in [6.07, 6.45) is 3.58. The van der Waals surface area contributed by atoms with Crippen molar-refractivity contribution in [3.05, 3.63) is 24.3 Å². The first-order chi connectivity index (χ1) is 12.1. The van der Waals surface area contributed by atoms with Gasteiger partial charge >= 0.3 is 6.03 Å². The molecule has 0 aliphatic carbocycles. The summed E-state index contributed by atoms with van der Waals surface area (Å²) in [6, 6.07) is 7.17. The lowest BCUT2D eigenvalue weighted by Gasteiger charge is -2.36. The second kappa shape index (κ2) is 10.2. The van der Waals surface area contributed by atoms with Crippen LogP contribution >= 0.6 is 0 Å². The molecule has 1 aliphatic heterocycles. The summed E-state index contributed by atoms with van der Waals surface area (Å²) >= 11 is 0. The molecule has 1 saturated heterocycles. The predicted octanol–water partition coefficient (Wildman–Crippen LogP) is 3.67. The van der Waals surface area contributed by atoms with Crippen molar-refractivity contribution in [1.29, 1.82) is 0 Å². The third-order valence-corrected chi connectivity index (χ3v) is 4.28. The lowest BCUT2D eigenvalue weighted by molar-refractivity contribution is 0.131. The molecule has 5 nitrogen and oxygen atoms in total. The Balaban J connectivity index is 1.81. The number of ether oxygens (including phenoxy) is 1. The first kappa shape index (κ1) is 19.5. The molecular weight excluding hydrogens is 321 g/mol. The second-order valence-electron chi connectivity index (χ2n) is 6.94. The highest BCUT2D eigenvalue weighted by Gasteiger charge is 2.23. The summed E-state index contributed by atoms with van der Waals surface area (Å²) in [5.74, 6) is 1.17. The van der Waals surface area contributed by atoms with Crippen molar-refractivity contribution in [3.8, 4) is 5.75 Å². The Kier molecular flexibility index (Phi) is 7.98. The third-order valence-electron chi connectivity index (χ3n) is 4.28. The van der Waals surface area contributed by atoms with Crippen LogP contribution in [0.2, 0.25) is 0 Å². The lowest BCUT2D eigenvalue weighted by atomic mass is 10.0. The number of anilines is 1. The van der Waals surface area contributed by atoms with Gasteiger partial charge in [-0.05, 0) is 37.4 Å². The molecule has 0 bridgehead atoms. The van der Waals surface area contributed by atoms with Crippen molar-refractivity contribution in [2.45, 2.75) is 39.2 Å². The maximum absolute atomic E-state index is 12.2. The monoisotopic (exact) mass is 351 g/mol. The Morgan fingerprint density at radius 1 is 1.40 bits per heavy atom. The zero-order valence-corrected chi connectivity index (χ0v) is 15.3. The number of alkyl halides is 1. The number of halogens is 1. The maximum Gasteiger partial charge on any atom is 0.319 e. The van der Waals surface area contributed by atoms with Crippen molar-refractivity contribution >= 4 is 11.7 Å². The number of hydrogen-bond acceptors (Lipinski definition) is 3. The highest BCUT2D eigenvalue weighted by molar-refractivity contribution is 5.89. The summed E-state index contributed by atoms with van der Waals surface area (Å²) in [6.45, 7) is 6.77. The molecule has 1 aromatic carbocycles. The number of carbonyl (C=O) groups excluding carboxylic acids is 1. The molecule has 25 heavy (non-hydrogen) atoms. The van der Waals surface area contributed by atoms with Crippen molar-refractivity contribution in [3.63, 3.8) is 0 Å². The second-order valence-corrected chi connectivity index (χ2v) is 6.94. The highest BCUT2D eigenvalue weighted by atomic mass is 19.1. The number of nitrogens with one attached hydrogen (secondary N) is 2. The molecule has 2 rings (SSSR count). The van der Waals surface area contributed by atoms with Crippen molar-refractivity contribution in [1.82, 2.24) is 10.2 Å². The average Bonchev–Trinajstić information content (AvgIpc) is 2.59. The molecule has 1 heterocycles. The summed E-state index contributed by atoms with van der Waals surface area (Å²) in [5, 5.41) is 5.79. The molecule has 1 aliphatic rings. The summed E-state index contributed by atoms with van der Waals surface area (Å²) in [5.41, 5.74) is 0.636. The number of amides is 2. The smallest absolute Gasteiger partial charge is 0.319 e. The SMILES string of the molecule is CC(C)CN1CCCC[C@H]1CNC(=O)Nc1cccc(OCCF)c1. The normalized spacial score (nSPS) is 18.2. The predicted molar refractivity (Wildman–Crippen MR) is 99.0 cm³/mol. The Hall–Kier alpha value is -1.82. The molecule has 2 N–H and O–H groups in total. The van der Waals surface area contributed by atoms with E-state index in [9.17, 15) is 9.18 Å². The standard InChI is InChI=1S/C19H30FN3O2/c1-15(2)14-23-10-4-3-7-17(23)13-21-19(24)22-16-6-5-8-18(12-16)25-11-9-20/h5-6,8,12,15,17H,3-4,7,9-11,13-14H2,1-2H3,(H2,21,22,24)/t17-/m0/s1. The van der Waals surface area contributed by atoms with Crippen molar-refractivity contribution in [2.75, 3.05) is 38.2 Å². The molecule has 2 amide bonds. The van der Waals surface area contributed by atoms with Gasteiger partial charge in [0.25, 0.3) is 0 Å². The van der Waals surface area contributed by atoms with E-state index in [1.807, 2.05) is 0 Å². The number of urea groups is 1. The van der Waals surface area contributed by atoms with Gasteiger partial charge in [-0.3, -0.25) is 4.90 Å². The summed E-state index contributed by atoms with van der Waals surface area (Å²) < 4.78 is 17.4. The van der Waals surface area contributed by atoms with Crippen LogP contribution in [0.4, 0.5) is 14.9 Å². The molecule has 1 atom stereocenters. The van der Waals surface area contributed by atoms with E-state index in [0.717, 1.165) is 19.5 Å². The fourth-order valence-corrected chi connectivity index (χ4v) is 3.21. The first-order valence-corrected chi connectivity index (χ1v) is 9.16. The first-order valence-electron chi connectivity index (χ1n) is 9.16. The lowest BCUT2D eigenvalue weighted by Crippen LogP contribution is -2.48. The van der Waals surface area contributed by atoms with Gasteiger partial charge < -0.3 is 15.4 Å². The largest absolute Gasteiger partial charge is 0.491 e. The number of benzene rings is 1. The number of hydrogen-bond donors (Lipinski definition) is 2. The van der Waals surface area contributed by atoms with E-state index in [1.54, 1.807) is 24.3 Å². The van der Waals surface area contributed by atoms with Crippen LogP contribution in [0.1, 0.15) is 33.1 Å². The van der Waals surface area contributed by atoms with Gasteiger partial charge in [0, 0.05) is 30.9 Å². The van der Waals surface area contributed by atoms with Gasteiger partial charge in [0.15, 0.2) is 0 Å². The zero-order valence-electron chi connectivity index (χ0n) is 15.3. The van der Waals surface area contributed by atoms with Gasteiger partial charge in [-0.15, -0.1) is 0 Å². The number of nitrogens with zero attached hydrogens (tertiary/aromatic N) is 1. The molecule has 0 aromatic heterocycles. The van der Waals surface area contributed by atoms with Gasteiger partial charge in [-0.1, -0.05) is 26.3 Å². The number of likely N-dealkylation sites (tertiary alicyclic amines) is 1. The average molecular weight is 351 g/mol. The third kappa shape index (κ3) is 6.90. The molecular formula is C19H30FN3O2. The van der Waals surface area contributed by atoms with Gasteiger partial charge in [-0.25, -0.2) is 9.18 Å². The topological polar surface area (TPSA) is 53.6 Å². The molecule has 0 saturated carbocycles. The molecule has 0 unspecified atom stereocenters. The molecule has 1 aromatic rings. The van der Waals surface area contributed by atoms with Crippen LogP contribution in [0.3, 0.4) is 0 Å². The summed E-state index contributed by atoms with van der Waals surface area (Å²) in [4.78, 5) is 14.7. The van der Waals surface area contributed by atoms with Gasteiger partial charge in [0.2, 0.25) is 0 Å². The van der Waals surface area contributed by atoms with E-state index in [4.69, 9.17) is 4.74 Å². The van der Waals surface area contributed by atoms with Crippen LogP contribution in [0.5, 0.6) is 5.75 Å². The number of piperidine rings is 1. The van der Waals surface area contributed by atoms with Gasteiger partial charge in [0.05, 0.1) is 0 Å². The molecule has 0 spiro atoms. The minimum absolute atomic E-state index is 0.0169. The highest BCUT2D eigenvalue weighted by Crippen LogP contribution is 2.19. The molecule has 140 valence electrons. The molecule has 6 heteroatoms. The van der Waals surface area contributed by atoms with Crippen LogP contribution in [0.15, 0.2) is 24.3 Å². The minimum atomic E-state index is -0.535. The molecule has 1 fully saturated rings. The quantitative estimate of drug-likeness (QED) is 0.751. The Bertz CT molecular complexity index is 539. The van der Waals surface area contributed by atoms with E-state index >= 15 is 0 Å². The maximum atomic E-state index is 12.2. The van der Waals surface area contributed by atoms with Gasteiger partial charge in [-0.2, -0.15) is 0 Å². The van der Waals surface area contributed by atoms with Crippen LogP contribution < -0.4 is 15.4 Å². The van der Waals surface area contributed by atoms with Crippen molar-refractivity contribution in [2.24, 2.45) is 5.92 Å². The van der Waals surface area contributed by atoms with Crippen molar-refractivity contribution < 1.29 is 13.9 Å². The van der Waals surface area contributed by atoms with Crippen LogP contribution in [-0.2, 0) is 0 Å². The molecule has 0 radical (unpaired) electrons. The van der Waals surface area contributed by atoms with Crippen LogP contribution in [0, 0.1) is 5.92 Å². The van der Waals surface area contributed by atoms with Crippen LogP contribution in [-0.4, -0.2) is 49.9 Å².